The first-order valence-corrected chi connectivity index (χ1v) is 24.7. The fraction of sp³-hybridized carbons (Fsp3) is 0.548. The molecule has 2 aliphatic heterocycles. The molecule has 6 nitrogen and oxygen atoms in total. The van der Waals surface area contributed by atoms with Crippen molar-refractivity contribution in [3.8, 4) is 5.75 Å². The van der Waals surface area contributed by atoms with Gasteiger partial charge in [-0.25, -0.2) is 4.39 Å². The molecule has 5 rings (SSSR count). The van der Waals surface area contributed by atoms with Crippen molar-refractivity contribution in [2.24, 2.45) is 5.92 Å². The highest BCUT2D eigenvalue weighted by molar-refractivity contribution is 6.75. The van der Waals surface area contributed by atoms with Crippen molar-refractivity contribution < 1.29 is 27.3 Å². The zero-order valence-corrected chi connectivity index (χ0v) is 36.0. The van der Waals surface area contributed by atoms with E-state index in [1.54, 1.807) is 0 Å². The Kier molecular flexibility index (Phi) is 11.0. The van der Waals surface area contributed by atoms with E-state index in [9.17, 15) is 9.18 Å². The highest BCUT2D eigenvalue weighted by atomic mass is 28.4. The lowest BCUT2D eigenvalue weighted by atomic mass is 9.77. The molecule has 0 aromatic heterocycles. The highest BCUT2D eigenvalue weighted by Gasteiger charge is 2.52. The van der Waals surface area contributed by atoms with Gasteiger partial charge in [0.1, 0.15) is 11.6 Å². The standard InChI is InChI=1S/C42H61BFNO5Si2/c1-39(2,3)51(11,12)47-34-25-17-30(18-26-34)37-35(27-28-36(29-15-21-32(44)22-16-29)48-52(13,14)40(4,5)6)38(46)45(37)33-23-19-31(20-24-33)43-49-41(7,8)42(9,10)50-43/h15-26,35-37H,27-28H2,1-14H3/t35-,36+,37-/m1/s1. The van der Waals surface area contributed by atoms with E-state index < -0.39 is 35.0 Å². The van der Waals surface area contributed by atoms with E-state index in [2.05, 4.69) is 92.0 Å². The van der Waals surface area contributed by atoms with Gasteiger partial charge in [-0.05, 0) is 130 Å². The number of hydrogen-bond donors (Lipinski definition) is 0. The Hall–Kier alpha value is -2.76. The molecule has 3 atom stereocenters. The second kappa shape index (κ2) is 14.1. The summed E-state index contributed by atoms with van der Waals surface area (Å²) in [5.74, 6) is 0.418. The van der Waals surface area contributed by atoms with Crippen molar-refractivity contribution in [1.82, 2.24) is 0 Å². The van der Waals surface area contributed by atoms with E-state index in [-0.39, 0.29) is 39.9 Å². The molecular formula is C42H61BFNO5Si2. The van der Waals surface area contributed by atoms with Gasteiger partial charge in [0.25, 0.3) is 0 Å². The molecule has 2 heterocycles. The zero-order valence-electron chi connectivity index (χ0n) is 34.0. The number of hydrogen-bond acceptors (Lipinski definition) is 5. The molecule has 52 heavy (non-hydrogen) atoms. The molecule has 0 radical (unpaired) electrons. The van der Waals surface area contributed by atoms with Crippen LogP contribution < -0.4 is 14.8 Å². The Morgan fingerprint density at radius 3 is 1.81 bits per heavy atom. The molecule has 2 aliphatic rings. The molecule has 0 saturated carbocycles. The summed E-state index contributed by atoms with van der Waals surface area (Å²) in [6.45, 7) is 30.6. The van der Waals surface area contributed by atoms with E-state index in [0.29, 0.717) is 12.8 Å². The van der Waals surface area contributed by atoms with Crippen LogP contribution in [0.4, 0.5) is 10.1 Å². The lowest BCUT2D eigenvalue weighted by Crippen LogP contribution is -2.55. The van der Waals surface area contributed by atoms with Gasteiger partial charge in [-0.2, -0.15) is 0 Å². The fourth-order valence-electron chi connectivity index (χ4n) is 6.29. The molecule has 0 aliphatic carbocycles. The minimum Gasteiger partial charge on any atom is -0.544 e. The SMILES string of the molecule is CC1(C)OB(c2ccc(N3C(=O)[C@H](CC[C@H](O[Si](C)(C)C(C)(C)C)c4ccc(F)cc4)[C@H]3c3ccc(O[Si](C)(C)C(C)(C)C)cc3)cc2)OC1(C)C. The third kappa shape index (κ3) is 8.16. The van der Waals surface area contributed by atoms with Crippen LogP contribution in [0.5, 0.6) is 5.75 Å². The average molecular weight is 746 g/mol. The third-order valence-corrected chi connectivity index (χ3v) is 21.4. The fourth-order valence-corrected chi connectivity index (χ4v) is 8.64. The smallest absolute Gasteiger partial charge is 0.494 e. The highest BCUT2D eigenvalue weighted by Crippen LogP contribution is 2.48. The van der Waals surface area contributed by atoms with E-state index in [1.807, 2.05) is 69.0 Å². The summed E-state index contributed by atoms with van der Waals surface area (Å²) in [5.41, 5.74) is 2.87. The van der Waals surface area contributed by atoms with Crippen LogP contribution in [0.3, 0.4) is 0 Å². The number of amides is 1. The zero-order chi connectivity index (χ0) is 38.7. The molecule has 0 bridgehead atoms. The van der Waals surface area contributed by atoms with Gasteiger partial charge in [-0.15, -0.1) is 0 Å². The molecule has 0 N–H and O–H groups in total. The normalized spacial score (nSPS) is 21.2. The van der Waals surface area contributed by atoms with Crippen LogP contribution in [0, 0.1) is 11.7 Å². The van der Waals surface area contributed by atoms with Crippen molar-refractivity contribution in [2.45, 2.75) is 142 Å². The van der Waals surface area contributed by atoms with Crippen molar-refractivity contribution in [1.29, 1.82) is 0 Å². The number of halogens is 1. The first kappa shape index (κ1) is 40.4. The van der Waals surface area contributed by atoms with Gasteiger partial charge in [-0.1, -0.05) is 77.9 Å². The minimum absolute atomic E-state index is 0.00260. The van der Waals surface area contributed by atoms with Crippen LogP contribution in [0.15, 0.2) is 72.8 Å². The molecule has 1 amide bonds. The molecule has 2 saturated heterocycles. The summed E-state index contributed by atoms with van der Waals surface area (Å²) in [6.07, 6.45) is 1.03. The summed E-state index contributed by atoms with van der Waals surface area (Å²) in [7, 11) is -4.69. The second-order valence-electron chi connectivity index (χ2n) is 18.9. The summed E-state index contributed by atoms with van der Waals surface area (Å²) in [5, 5.41) is 0.0745. The molecule has 3 aromatic carbocycles. The van der Waals surface area contributed by atoms with E-state index >= 15 is 0 Å². The van der Waals surface area contributed by atoms with E-state index in [1.165, 1.54) is 12.1 Å². The number of carbonyl (C=O) groups is 1. The molecule has 0 unspecified atom stereocenters. The first-order chi connectivity index (χ1) is 23.8. The molecular weight excluding hydrogens is 684 g/mol. The molecule has 2 fully saturated rings. The largest absolute Gasteiger partial charge is 0.544 e. The molecule has 3 aromatic rings. The number of β-lactam (4-membered cyclic amide) rings is 1. The predicted molar refractivity (Wildman–Crippen MR) is 217 cm³/mol. The van der Waals surface area contributed by atoms with Crippen LogP contribution in [0.25, 0.3) is 0 Å². The maximum Gasteiger partial charge on any atom is 0.494 e. The van der Waals surface area contributed by atoms with Crippen molar-refractivity contribution in [3.63, 3.8) is 0 Å². The number of benzene rings is 3. The van der Waals surface area contributed by atoms with Crippen LogP contribution in [-0.4, -0.2) is 40.9 Å². The monoisotopic (exact) mass is 745 g/mol. The quantitative estimate of drug-likeness (QED) is 0.144. The Bertz CT molecular complexity index is 1700. The van der Waals surface area contributed by atoms with Crippen LogP contribution in [0.1, 0.15) is 105 Å². The molecule has 0 spiro atoms. The van der Waals surface area contributed by atoms with Crippen LogP contribution in [0.2, 0.25) is 36.3 Å². The second-order valence-corrected chi connectivity index (χ2v) is 28.3. The summed E-state index contributed by atoms with van der Waals surface area (Å²) in [4.78, 5) is 16.2. The lowest BCUT2D eigenvalue weighted by Gasteiger charge is -2.48. The maximum atomic E-state index is 14.2. The van der Waals surface area contributed by atoms with E-state index in [4.69, 9.17) is 18.2 Å². The van der Waals surface area contributed by atoms with E-state index in [0.717, 1.165) is 28.0 Å². The molecule has 10 heteroatoms. The van der Waals surface area contributed by atoms with Gasteiger partial charge < -0.3 is 23.1 Å². The van der Waals surface area contributed by atoms with Gasteiger partial charge in [0.2, 0.25) is 14.2 Å². The van der Waals surface area contributed by atoms with Crippen LogP contribution >= 0.6 is 0 Å². The number of anilines is 1. The van der Waals surface area contributed by atoms with Crippen molar-refractivity contribution in [3.05, 3.63) is 89.7 Å². The summed E-state index contributed by atoms with van der Waals surface area (Å²) >= 11 is 0. The van der Waals surface area contributed by atoms with Crippen molar-refractivity contribution >= 4 is 40.8 Å². The number of nitrogens with zero attached hydrogens (tertiary/aromatic N) is 1. The Morgan fingerprint density at radius 1 is 0.788 bits per heavy atom. The first-order valence-electron chi connectivity index (χ1n) is 18.8. The van der Waals surface area contributed by atoms with Crippen LogP contribution in [-0.2, 0) is 18.5 Å². The lowest BCUT2D eigenvalue weighted by molar-refractivity contribution is -0.131. The summed E-state index contributed by atoms with van der Waals surface area (Å²) in [6, 6.07) is 22.8. The number of carbonyl (C=O) groups excluding carboxylic acids is 1. The van der Waals surface area contributed by atoms with Gasteiger partial charge in [0.05, 0.1) is 29.3 Å². The van der Waals surface area contributed by atoms with Gasteiger partial charge in [0.15, 0.2) is 8.32 Å². The Labute approximate surface area is 315 Å². The maximum absolute atomic E-state index is 14.2. The van der Waals surface area contributed by atoms with Gasteiger partial charge >= 0.3 is 7.12 Å². The van der Waals surface area contributed by atoms with Gasteiger partial charge in [0, 0.05) is 5.69 Å². The van der Waals surface area contributed by atoms with Gasteiger partial charge in [-0.3, -0.25) is 4.79 Å². The predicted octanol–water partition coefficient (Wildman–Crippen LogP) is 10.8. The minimum atomic E-state index is -2.19. The average Bonchev–Trinajstić information content (AvgIpc) is 3.25. The topological polar surface area (TPSA) is 57.2 Å². The Morgan fingerprint density at radius 2 is 1.31 bits per heavy atom. The third-order valence-electron chi connectivity index (χ3n) is 12.5. The summed E-state index contributed by atoms with van der Waals surface area (Å²) < 4.78 is 40.2. The number of rotatable bonds is 11. The van der Waals surface area contributed by atoms with Crippen molar-refractivity contribution in [2.75, 3.05) is 4.90 Å². The Balaban J connectivity index is 1.44. The molecule has 282 valence electrons.